The first-order valence-electron chi connectivity index (χ1n) is 7.50. The van der Waals surface area contributed by atoms with Crippen LogP contribution in [0.2, 0.25) is 0 Å². The highest BCUT2D eigenvalue weighted by molar-refractivity contribution is 5.79. The maximum absolute atomic E-state index is 13.5. The summed E-state index contributed by atoms with van der Waals surface area (Å²) in [6.45, 7) is 5.71. The molecule has 2 aromatic carbocycles. The molecule has 0 saturated carbocycles. The van der Waals surface area contributed by atoms with E-state index in [1.807, 2.05) is 31.2 Å². The normalized spacial score (nSPS) is 11.3. The van der Waals surface area contributed by atoms with Crippen molar-refractivity contribution < 1.29 is 4.39 Å². The van der Waals surface area contributed by atoms with Crippen LogP contribution in [0.15, 0.2) is 53.5 Å². The Labute approximate surface area is 131 Å². The van der Waals surface area contributed by atoms with Crippen molar-refractivity contribution in [3.05, 3.63) is 71.0 Å². The van der Waals surface area contributed by atoms with E-state index < -0.39 is 0 Å². The summed E-state index contributed by atoms with van der Waals surface area (Å²) in [6.07, 6.45) is 0. The van der Waals surface area contributed by atoms with E-state index in [1.54, 1.807) is 19.1 Å². The third-order valence-electron chi connectivity index (χ3n) is 3.30. The summed E-state index contributed by atoms with van der Waals surface area (Å²) in [4.78, 5) is 4.50. The molecule has 2 N–H and O–H groups in total. The maximum atomic E-state index is 13.5. The topological polar surface area (TPSA) is 36.4 Å². The largest absolute Gasteiger partial charge is 0.357 e. The van der Waals surface area contributed by atoms with Crippen LogP contribution in [0.25, 0.3) is 0 Å². The SMILES string of the molecule is CCNC(=NCc1ccc(C)c(F)c1)NCc1ccccc1. The lowest BCUT2D eigenvalue weighted by Gasteiger charge is -2.11. The van der Waals surface area contributed by atoms with Crippen molar-refractivity contribution in [2.75, 3.05) is 6.54 Å². The molecule has 4 heteroatoms. The summed E-state index contributed by atoms with van der Waals surface area (Å²) in [6, 6.07) is 15.4. The van der Waals surface area contributed by atoms with Crippen LogP contribution in [0.5, 0.6) is 0 Å². The quantitative estimate of drug-likeness (QED) is 0.656. The monoisotopic (exact) mass is 299 g/mol. The summed E-state index contributed by atoms with van der Waals surface area (Å²) in [5.41, 5.74) is 2.70. The van der Waals surface area contributed by atoms with E-state index in [0.29, 0.717) is 18.7 Å². The second-order valence-corrected chi connectivity index (χ2v) is 5.12. The Kier molecular flexibility index (Phi) is 5.95. The molecule has 0 radical (unpaired) electrons. The lowest BCUT2D eigenvalue weighted by molar-refractivity contribution is 0.616. The summed E-state index contributed by atoms with van der Waals surface area (Å²) >= 11 is 0. The van der Waals surface area contributed by atoms with Crippen LogP contribution in [0.4, 0.5) is 4.39 Å². The second kappa shape index (κ2) is 8.17. The lowest BCUT2D eigenvalue weighted by atomic mass is 10.1. The van der Waals surface area contributed by atoms with Gasteiger partial charge in [0.15, 0.2) is 5.96 Å². The van der Waals surface area contributed by atoms with Gasteiger partial charge in [0.05, 0.1) is 6.54 Å². The number of aliphatic imine (C=N–C) groups is 1. The van der Waals surface area contributed by atoms with E-state index in [0.717, 1.165) is 18.1 Å². The van der Waals surface area contributed by atoms with Crippen molar-refractivity contribution in [1.82, 2.24) is 10.6 Å². The van der Waals surface area contributed by atoms with Gasteiger partial charge in [0, 0.05) is 13.1 Å². The number of aryl methyl sites for hydroxylation is 1. The third-order valence-corrected chi connectivity index (χ3v) is 3.30. The molecule has 0 aliphatic rings. The van der Waals surface area contributed by atoms with Crippen molar-refractivity contribution in [1.29, 1.82) is 0 Å². The van der Waals surface area contributed by atoms with E-state index in [-0.39, 0.29) is 5.82 Å². The average Bonchev–Trinajstić information content (AvgIpc) is 2.54. The van der Waals surface area contributed by atoms with Gasteiger partial charge in [0.1, 0.15) is 5.82 Å². The number of hydrogen-bond donors (Lipinski definition) is 2. The molecule has 0 aliphatic carbocycles. The van der Waals surface area contributed by atoms with Gasteiger partial charge in [-0.25, -0.2) is 9.38 Å². The fourth-order valence-corrected chi connectivity index (χ4v) is 2.03. The minimum absolute atomic E-state index is 0.185. The molecule has 2 aromatic rings. The van der Waals surface area contributed by atoms with Crippen LogP contribution >= 0.6 is 0 Å². The lowest BCUT2D eigenvalue weighted by Crippen LogP contribution is -2.36. The molecule has 0 fully saturated rings. The molecule has 0 spiro atoms. The Morgan fingerprint density at radius 1 is 1.05 bits per heavy atom. The molecule has 0 amide bonds. The maximum Gasteiger partial charge on any atom is 0.191 e. The van der Waals surface area contributed by atoms with Crippen LogP contribution in [0.1, 0.15) is 23.6 Å². The van der Waals surface area contributed by atoms with Gasteiger partial charge in [0.2, 0.25) is 0 Å². The van der Waals surface area contributed by atoms with Crippen molar-refractivity contribution >= 4 is 5.96 Å². The molecule has 0 heterocycles. The highest BCUT2D eigenvalue weighted by Gasteiger charge is 2.01. The molecule has 0 aromatic heterocycles. The zero-order valence-corrected chi connectivity index (χ0v) is 13.1. The molecule has 0 aliphatic heterocycles. The van der Waals surface area contributed by atoms with Gasteiger partial charge >= 0.3 is 0 Å². The first kappa shape index (κ1) is 16.0. The minimum atomic E-state index is -0.185. The summed E-state index contributed by atoms with van der Waals surface area (Å²) < 4.78 is 13.5. The van der Waals surface area contributed by atoms with Crippen LogP contribution in [0.3, 0.4) is 0 Å². The van der Waals surface area contributed by atoms with E-state index in [4.69, 9.17) is 0 Å². The molecule has 3 nitrogen and oxygen atoms in total. The van der Waals surface area contributed by atoms with Gasteiger partial charge in [-0.3, -0.25) is 0 Å². The smallest absolute Gasteiger partial charge is 0.191 e. The van der Waals surface area contributed by atoms with E-state index in [1.165, 1.54) is 5.56 Å². The Hall–Kier alpha value is -2.36. The molecule has 0 saturated heterocycles. The van der Waals surface area contributed by atoms with Crippen LogP contribution < -0.4 is 10.6 Å². The number of benzene rings is 2. The van der Waals surface area contributed by atoms with E-state index in [9.17, 15) is 4.39 Å². The molecule has 2 rings (SSSR count). The van der Waals surface area contributed by atoms with Crippen molar-refractivity contribution in [2.45, 2.75) is 26.9 Å². The molecule has 0 atom stereocenters. The Morgan fingerprint density at radius 3 is 2.50 bits per heavy atom. The fourth-order valence-electron chi connectivity index (χ4n) is 2.03. The van der Waals surface area contributed by atoms with Gasteiger partial charge in [0.25, 0.3) is 0 Å². The van der Waals surface area contributed by atoms with Gasteiger partial charge in [-0.2, -0.15) is 0 Å². The van der Waals surface area contributed by atoms with Crippen molar-refractivity contribution in [3.8, 4) is 0 Å². The van der Waals surface area contributed by atoms with Crippen LogP contribution in [0, 0.1) is 12.7 Å². The first-order valence-corrected chi connectivity index (χ1v) is 7.50. The zero-order valence-electron chi connectivity index (χ0n) is 13.1. The predicted octanol–water partition coefficient (Wildman–Crippen LogP) is 3.39. The number of halogens is 1. The van der Waals surface area contributed by atoms with E-state index >= 15 is 0 Å². The number of hydrogen-bond acceptors (Lipinski definition) is 1. The Morgan fingerprint density at radius 2 is 1.82 bits per heavy atom. The second-order valence-electron chi connectivity index (χ2n) is 5.12. The van der Waals surface area contributed by atoms with Crippen LogP contribution in [-0.2, 0) is 13.1 Å². The molecule has 0 unspecified atom stereocenters. The van der Waals surface area contributed by atoms with Gasteiger partial charge in [-0.05, 0) is 36.6 Å². The zero-order chi connectivity index (χ0) is 15.8. The molecule has 0 bridgehead atoms. The number of nitrogens with one attached hydrogen (secondary N) is 2. The van der Waals surface area contributed by atoms with Gasteiger partial charge in [-0.1, -0.05) is 42.5 Å². The average molecular weight is 299 g/mol. The Bertz CT molecular complexity index is 623. The molecular formula is C18H22FN3. The fraction of sp³-hybridized carbons (Fsp3) is 0.278. The summed E-state index contributed by atoms with van der Waals surface area (Å²) in [5.74, 6) is 0.544. The summed E-state index contributed by atoms with van der Waals surface area (Å²) in [5, 5.41) is 6.47. The highest BCUT2D eigenvalue weighted by Crippen LogP contribution is 2.10. The van der Waals surface area contributed by atoms with Gasteiger partial charge < -0.3 is 10.6 Å². The van der Waals surface area contributed by atoms with Gasteiger partial charge in [-0.15, -0.1) is 0 Å². The molecule has 22 heavy (non-hydrogen) atoms. The number of nitrogens with zero attached hydrogens (tertiary/aromatic N) is 1. The predicted molar refractivity (Wildman–Crippen MR) is 89.2 cm³/mol. The molecular weight excluding hydrogens is 277 g/mol. The third kappa shape index (κ3) is 4.88. The summed E-state index contributed by atoms with van der Waals surface area (Å²) in [7, 11) is 0. The van der Waals surface area contributed by atoms with E-state index in [2.05, 4.69) is 27.8 Å². The molecule has 116 valence electrons. The minimum Gasteiger partial charge on any atom is -0.357 e. The van der Waals surface area contributed by atoms with Crippen molar-refractivity contribution in [2.24, 2.45) is 4.99 Å². The number of guanidine groups is 1. The Balaban J connectivity index is 1.98. The van der Waals surface area contributed by atoms with Crippen LogP contribution in [-0.4, -0.2) is 12.5 Å². The number of rotatable bonds is 5. The first-order chi connectivity index (χ1) is 10.7. The highest BCUT2D eigenvalue weighted by atomic mass is 19.1. The standard InChI is InChI=1S/C18H22FN3/c1-3-20-18(21-12-15-7-5-4-6-8-15)22-13-16-10-9-14(2)17(19)11-16/h4-11H,3,12-13H2,1-2H3,(H2,20,21,22). The van der Waals surface area contributed by atoms with Crippen molar-refractivity contribution in [3.63, 3.8) is 0 Å².